The molecular weight excluding hydrogens is 400 g/mol. The van der Waals surface area contributed by atoms with Crippen molar-refractivity contribution in [2.75, 3.05) is 5.75 Å². The van der Waals surface area contributed by atoms with Crippen molar-refractivity contribution in [3.05, 3.63) is 0 Å². The Morgan fingerprint density at radius 1 is 0.800 bits per heavy atom. The van der Waals surface area contributed by atoms with E-state index >= 15 is 0 Å². The summed E-state index contributed by atoms with van der Waals surface area (Å²) in [5.41, 5.74) is 1.25. The molecule has 30 heavy (non-hydrogen) atoms. The van der Waals surface area contributed by atoms with Crippen LogP contribution in [0.5, 0.6) is 0 Å². The normalized spacial score (nSPS) is 45.7. The lowest BCUT2D eigenvalue weighted by molar-refractivity contribution is -0.105. The third-order valence-corrected chi connectivity index (χ3v) is 12.3. The predicted octanol–water partition coefficient (Wildman–Crippen LogP) is 8.56. The Morgan fingerprint density at radius 3 is 2.17 bits per heavy atom. The summed E-state index contributed by atoms with van der Waals surface area (Å²) < 4.78 is 0. The molecule has 0 nitrogen and oxygen atoms in total. The van der Waals surface area contributed by atoms with Crippen molar-refractivity contribution < 1.29 is 0 Å². The summed E-state index contributed by atoms with van der Waals surface area (Å²) in [5, 5.41) is 0.480. The molecule has 4 rings (SSSR count). The van der Waals surface area contributed by atoms with Crippen LogP contribution in [-0.4, -0.2) is 11.0 Å². The van der Waals surface area contributed by atoms with E-state index in [1.165, 1.54) is 51.4 Å². The van der Waals surface area contributed by atoms with E-state index in [2.05, 4.69) is 47.2 Å². The first kappa shape index (κ1) is 23.8. The predicted molar refractivity (Wildman–Crippen MR) is 139 cm³/mol. The maximum atomic E-state index is 4.73. The van der Waals surface area contributed by atoms with Crippen LogP contribution in [0.1, 0.15) is 105 Å². The van der Waals surface area contributed by atoms with Crippen molar-refractivity contribution in [2.24, 2.45) is 58.2 Å². The van der Waals surface area contributed by atoms with Gasteiger partial charge < -0.3 is 0 Å². The molecule has 0 N–H and O–H groups in total. The SMILES string of the molecule is CC(S)C(CS)CCC(C)C1CCC2(C)C1CCC1C3CCCC(C)(C)C3CCC12. The van der Waals surface area contributed by atoms with Gasteiger partial charge in [0.15, 0.2) is 0 Å². The highest BCUT2D eigenvalue weighted by molar-refractivity contribution is 7.81. The van der Waals surface area contributed by atoms with Gasteiger partial charge in [0.1, 0.15) is 0 Å². The first-order valence-electron chi connectivity index (χ1n) is 13.5. The zero-order valence-electron chi connectivity index (χ0n) is 20.6. The first-order valence-corrected chi connectivity index (χ1v) is 14.6. The molecule has 4 aliphatic rings. The molecule has 0 aliphatic heterocycles. The van der Waals surface area contributed by atoms with E-state index < -0.39 is 0 Å². The molecule has 0 heterocycles. The third kappa shape index (κ3) is 4.17. The van der Waals surface area contributed by atoms with Crippen LogP contribution < -0.4 is 0 Å². The minimum absolute atomic E-state index is 0.480. The Kier molecular flexibility index (Phi) is 7.27. The summed E-state index contributed by atoms with van der Waals surface area (Å²) in [7, 11) is 0. The Hall–Kier alpha value is 0.700. The fourth-order valence-corrected chi connectivity index (χ4v) is 10.5. The molecule has 0 radical (unpaired) electrons. The third-order valence-electron chi connectivity index (χ3n) is 11.4. The molecule has 4 saturated carbocycles. The molecule has 2 heteroatoms. The highest BCUT2D eigenvalue weighted by Crippen LogP contribution is 2.67. The van der Waals surface area contributed by atoms with Crippen molar-refractivity contribution in [1.82, 2.24) is 0 Å². The van der Waals surface area contributed by atoms with E-state index in [-0.39, 0.29) is 0 Å². The van der Waals surface area contributed by atoms with Gasteiger partial charge in [-0.15, -0.1) is 0 Å². The van der Waals surface area contributed by atoms with E-state index in [0.29, 0.717) is 22.0 Å². The lowest BCUT2D eigenvalue weighted by Gasteiger charge is -2.60. The molecule has 0 amide bonds. The molecule has 0 spiro atoms. The van der Waals surface area contributed by atoms with Gasteiger partial charge in [-0.05, 0) is 122 Å². The summed E-state index contributed by atoms with van der Waals surface area (Å²) in [5.74, 6) is 8.69. The molecule has 0 bridgehead atoms. The molecule has 10 unspecified atom stereocenters. The molecular formula is C28H50S2. The zero-order valence-corrected chi connectivity index (χ0v) is 22.4. The van der Waals surface area contributed by atoms with Crippen molar-refractivity contribution in [3.63, 3.8) is 0 Å². The molecule has 4 aliphatic carbocycles. The highest BCUT2D eigenvalue weighted by atomic mass is 32.1. The van der Waals surface area contributed by atoms with Crippen molar-refractivity contribution in [2.45, 2.75) is 110 Å². The Balaban J connectivity index is 1.44. The zero-order chi connectivity index (χ0) is 21.7. The largest absolute Gasteiger partial charge is 0.179 e. The van der Waals surface area contributed by atoms with Crippen molar-refractivity contribution in [3.8, 4) is 0 Å². The van der Waals surface area contributed by atoms with E-state index in [4.69, 9.17) is 12.6 Å². The maximum absolute atomic E-state index is 4.73. The van der Waals surface area contributed by atoms with Gasteiger partial charge in [-0.3, -0.25) is 0 Å². The Labute approximate surface area is 199 Å². The number of thiol groups is 2. The first-order chi connectivity index (χ1) is 14.2. The lowest BCUT2D eigenvalue weighted by Crippen LogP contribution is -2.52. The number of hydrogen-bond donors (Lipinski definition) is 2. The van der Waals surface area contributed by atoms with Gasteiger partial charge in [-0.1, -0.05) is 47.5 Å². The lowest BCUT2D eigenvalue weighted by atomic mass is 9.45. The molecule has 10 atom stereocenters. The van der Waals surface area contributed by atoms with Gasteiger partial charge in [0, 0.05) is 5.25 Å². The summed E-state index contributed by atoms with van der Waals surface area (Å²) in [6, 6.07) is 0. The van der Waals surface area contributed by atoms with Gasteiger partial charge in [-0.2, -0.15) is 25.3 Å². The average molecular weight is 451 g/mol. The van der Waals surface area contributed by atoms with Gasteiger partial charge in [0.25, 0.3) is 0 Å². The minimum Gasteiger partial charge on any atom is -0.179 e. The summed E-state index contributed by atoms with van der Waals surface area (Å²) in [6.45, 7) is 12.8. The van der Waals surface area contributed by atoms with Crippen LogP contribution in [0.2, 0.25) is 0 Å². The van der Waals surface area contributed by atoms with Crippen LogP contribution in [0.3, 0.4) is 0 Å². The van der Waals surface area contributed by atoms with Crippen molar-refractivity contribution in [1.29, 1.82) is 0 Å². The quantitative estimate of drug-likeness (QED) is 0.372. The van der Waals surface area contributed by atoms with E-state index in [0.717, 1.165) is 47.2 Å². The topological polar surface area (TPSA) is 0 Å². The number of fused-ring (bicyclic) bond motifs is 5. The minimum atomic E-state index is 0.480. The molecule has 4 fully saturated rings. The summed E-state index contributed by atoms with van der Waals surface area (Å²) in [4.78, 5) is 0. The van der Waals surface area contributed by atoms with Crippen LogP contribution >= 0.6 is 25.3 Å². The van der Waals surface area contributed by atoms with Crippen LogP contribution in [-0.2, 0) is 0 Å². The molecule has 0 aromatic carbocycles. The average Bonchev–Trinajstić information content (AvgIpc) is 3.05. The smallest absolute Gasteiger partial charge is 0.00245 e. The monoisotopic (exact) mass is 450 g/mol. The van der Waals surface area contributed by atoms with Gasteiger partial charge in [0.05, 0.1) is 0 Å². The standard InChI is InChI=1S/C28H50S2/c1-18(8-9-20(17-29)19(2)30)21-14-16-28(5)25(21)11-10-23-22-7-6-15-27(3,4)24(22)12-13-26(23)28/h18-26,29-30H,6-17H2,1-5H3. The van der Waals surface area contributed by atoms with E-state index in [1.807, 2.05) is 0 Å². The molecule has 0 aromatic heterocycles. The molecule has 0 aromatic rings. The Morgan fingerprint density at radius 2 is 1.47 bits per heavy atom. The molecule has 0 saturated heterocycles. The Bertz CT molecular complexity index is 583. The van der Waals surface area contributed by atoms with Gasteiger partial charge in [-0.25, -0.2) is 0 Å². The summed E-state index contributed by atoms with van der Waals surface area (Å²) in [6.07, 6.45) is 16.4. The fourth-order valence-electron chi connectivity index (χ4n) is 9.57. The summed E-state index contributed by atoms with van der Waals surface area (Å²) >= 11 is 9.33. The molecule has 174 valence electrons. The van der Waals surface area contributed by atoms with Crippen LogP contribution in [0.15, 0.2) is 0 Å². The number of hydrogen-bond acceptors (Lipinski definition) is 2. The number of rotatable bonds is 6. The fraction of sp³-hybridized carbons (Fsp3) is 1.00. The van der Waals surface area contributed by atoms with Crippen molar-refractivity contribution >= 4 is 25.3 Å². The van der Waals surface area contributed by atoms with Crippen LogP contribution in [0, 0.1) is 58.2 Å². The van der Waals surface area contributed by atoms with Gasteiger partial charge in [0.2, 0.25) is 0 Å². The van der Waals surface area contributed by atoms with E-state index in [9.17, 15) is 0 Å². The van der Waals surface area contributed by atoms with Crippen LogP contribution in [0.4, 0.5) is 0 Å². The van der Waals surface area contributed by atoms with Crippen LogP contribution in [0.25, 0.3) is 0 Å². The second-order valence-electron chi connectivity index (χ2n) is 13.1. The second-order valence-corrected chi connectivity index (χ2v) is 14.3. The second kappa shape index (κ2) is 9.15. The van der Waals surface area contributed by atoms with Gasteiger partial charge >= 0.3 is 0 Å². The van der Waals surface area contributed by atoms with E-state index in [1.54, 1.807) is 19.3 Å². The highest BCUT2D eigenvalue weighted by Gasteiger charge is 2.59. The maximum Gasteiger partial charge on any atom is 0.00245 e.